The first-order valence-electron chi connectivity index (χ1n) is 7.74. The number of H-pyrrole nitrogens is 1. The molecule has 1 amide bonds. The largest absolute Gasteiger partial charge is 0.497 e. The van der Waals surface area contributed by atoms with Crippen LogP contribution in [0.25, 0.3) is 11.0 Å². The van der Waals surface area contributed by atoms with Crippen LogP contribution in [-0.4, -0.2) is 35.3 Å². The highest BCUT2D eigenvalue weighted by molar-refractivity contribution is 8.00. The van der Waals surface area contributed by atoms with E-state index in [4.69, 9.17) is 9.47 Å². The second-order valence-electron chi connectivity index (χ2n) is 5.41. The molecule has 7 heteroatoms. The molecule has 0 aliphatic carbocycles. The second-order valence-corrected chi connectivity index (χ2v) is 6.74. The molecule has 130 valence electrons. The van der Waals surface area contributed by atoms with Crippen LogP contribution in [0.2, 0.25) is 0 Å². The number of anilines is 1. The number of fused-ring (bicyclic) bond motifs is 1. The first-order chi connectivity index (χ1) is 12.1. The summed E-state index contributed by atoms with van der Waals surface area (Å²) in [6.45, 7) is 1.84. The summed E-state index contributed by atoms with van der Waals surface area (Å²) < 4.78 is 10.4. The van der Waals surface area contributed by atoms with Crippen LogP contribution in [0, 0.1) is 0 Å². The van der Waals surface area contributed by atoms with Gasteiger partial charge in [0.2, 0.25) is 5.91 Å². The fraction of sp³-hybridized carbons (Fsp3) is 0.222. The molecule has 0 aliphatic rings. The van der Waals surface area contributed by atoms with E-state index in [1.807, 2.05) is 31.2 Å². The van der Waals surface area contributed by atoms with Gasteiger partial charge in [0, 0.05) is 23.9 Å². The molecule has 1 heterocycles. The number of nitrogens with zero attached hydrogens (tertiary/aromatic N) is 1. The molecule has 2 N–H and O–H groups in total. The van der Waals surface area contributed by atoms with Gasteiger partial charge in [0.25, 0.3) is 0 Å². The van der Waals surface area contributed by atoms with E-state index in [2.05, 4.69) is 15.3 Å². The van der Waals surface area contributed by atoms with Gasteiger partial charge in [-0.15, -0.1) is 0 Å². The molecule has 6 nitrogen and oxygen atoms in total. The molecule has 0 bridgehead atoms. The number of hydrogen-bond donors (Lipinski definition) is 2. The lowest BCUT2D eigenvalue weighted by molar-refractivity contribution is -0.115. The maximum absolute atomic E-state index is 12.5. The van der Waals surface area contributed by atoms with Crippen molar-refractivity contribution in [3.63, 3.8) is 0 Å². The average Bonchev–Trinajstić information content (AvgIpc) is 3.03. The smallest absolute Gasteiger partial charge is 0.237 e. The highest BCUT2D eigenvalue weighted by atomic mass is 32.2. The quantitative estimate of drug-likeness (QED) is 0.658. The maximum Gasteiger partial charge on any atom is 0.237 e. The minimum Gasteiger partial charge on any atom is -0.497 e. The fourth-order valence-electron chi connectivity index (χ4n) is 2.33. The number of carbonyl (C=O) groups excluding carboxylic acids is 1. The summed E-state index contributed by atoms with van der Waals surface area (Å²) in [7, 11) is 3.14. The third-order valence-corrected chi connectivity index (χ3v) is 4.63. The Kier molecular flexibility index (Phi) is 5.14. The fourth-order valence-corrected chi connectivity index (χ4v) is 3.15. The lowest BCUT2D eigenvalue weighted by Crippen LogP contribution is -2.22. The molecule has 1 atom stereocenters. The van der Waals surface area contributed by atoms with Crippen LogP contribution < -0.4 is 14.8 Å². The minimum atomic E-state index is -0.322. The zero-order valence-electron chi connectivity index (χ0n) is 14.2. The Bertz CT molecular complexity index is 839. The number of aromatic amines is 1. The molecular formula is C18H19N3O3S. The van der Waals surface area contributed by atoms with E-state index in [-0.39, 0.29) is 11.2 Å². The summed E-state index contributed by atoms with van der Waals surface area (Å²) in [5, 5.41) is 3.28. The Morgan fingerprint density at radius 1 is 1.16 bits per heavy atom. The van der Waals surface area contributed by atoms with Crippen molar-refractivity contribution in [3.8, 4) is 11.5 Å². The number of methoxy groups -OCH3 is 2. The third kappa shape index (κ3) is 4.06. The number of aromatic nitrogens is 2. The summed E-state index contributed by atoms with van der Waals surface area (Å²) in [5.41, 5.74) is 2.46. The topological polar surface area (TPSA) is 76.2 Å². The van der Waals surface area contributed by atoms with Gasteiger partial charge in [0.05, 0.1) is 30.5 Å². The van der Waals surface area contributed by atoms with Crippen molar-refractivity contribution >= 4 is 34.4 Å². The Balaban J connectivity index is 1.70. The SMILES string of the molecule is COc1cc(NC(=O)[C@H](C)Sc2nc3ccccc3[nH]2)cc(OC)c1. The van der Waals surface area contributed by atoms with Crippen molar-refractivity contribution in [2.24, 2.45) is 0 Å². The third-order valence-electron chi connectivity index (χ3n) is 3.64. The molecule has 25 heavy (non-hydrogen) atoms. The molecular weight excluding hydrogens is 338 g/mol. The number of carbonyl (C=O) groups is 1. The lowest BCUT2D eigenvalue weighted by Gasteiger charge is -2.12. The molecule has 3 aromatic rings. The molecule has 1 aromatic heterocycles. The zero-order chi connectivity index (χ0) is 17.8. The summed E-state index contributed by atoms with van der Waals surface area (Å²) in [5.74, 6) is 1.11. The van der Waals surface area contributed by atoms with Crippen molar-refractivity contribution in [1.29, 1.82) is 0 Å². The molecule has 0 spiro atoms. The van der Waals surface area contributed by atoms with Gasteiger partial charge in [0.1, 0.15) is 11.5 Å². The Morgan fingerprint density at radius 3 is 2.48 bits per heavy atom. The van der Waals surface area contributed by atoms with Gasteiger partial charge in [0.15, 0.2) is 5.16 Å². The van der Waals surface area contributed by atoms with Gasteiger partial charge in [-0.25, -0.2) is 4.98 Å². The van der Waals surface area contributed by atoms with E-state index < -0.39 is 0 Å². The van der Waals surface area contributed by atoms with Crippen molar-refractivity contribution in [1.82, 2.24) is 9.97 Å². The van der Waals surface area contributed by atoms with E-state index in [1.165, 1.54) is 11.8 Å². The predicted octanol–water partition coefficient (Wildman–Crippen LogP) is 3.70. The van der Waals surface area contributed by atoms with Gasteiger partial charge in [-0.05, 0) is 19.1 Å². The van der Waals surface area contributed by atoms with Crippen LogP contribution in [0.1, 0.15) is 6.92 Å². The second kappa shape index (κ2) is 7.48. The van der Waals surface area contributed by atoms with E-state index in [1.54, 1.807) is 32.4 Å². The summed E-state index contributed by atoms with van der Waals surface area (Å²) in [4.78, 5) is 20.2. The van der Waals surface area contributed by atoms with Crippen LogP contribution in [0.5, 0.6) is 11.5 Å². The van der Waals surface area contributed by atoms with Gasteiger partial charge in [-0.1, -0.05) is 23.9 Å². The number of para-hydroxylation sites is 2. The lowest BCUT2D eigenvalue weighted by atomic mass is 10.2. The van der Waals surface area contributed by atoms with Crippen molar-refractivity contribution in [2.45, 2.75) is 17.3 Å². The predicted molar refractivity (Wildman–Crippen MR) is 99.6 cm³/mol. The molecule has 2 aromatic carbocycles. The highest BCUT2D eigenvalue weighted by Gasteiger charge is 2.17. The van der Waals surface area contributed by atoms with Gasteiger partial charge < -0.3 is 19.8 Å². The number of amides is 1. The Hall–Kier alpha value is -2.67. The first-order valence-corrected chi connectivity index (χ1v) is 8.62. The number of thioether (sulfide) groups is 1. The Morgan fingerprint density at radius 2 is 1.84 bits per heavy atom. The van der Waals surface area contributed by atoms with E-state index in [0.29, 0.717) is 22.3 Å². The maximum atomic E-state index is 12.5. The van der Waals surface area contributed by atoms with Gasteiger partial charge in [-0.3, -0.25) is 4.79 Å². The molecule has 0 aliphatic heterocycles. The molecule has 0 radical (unpaired) electrons. The number of ether oxygens (including phenoxy) is 2. The summed E-state index contributed by atoms with van der Waals surface area (Å²) >= 11 is 1.38. The Labute approximate surface area is 149 Å². The minimum absolute atomic E-state index is 0.124. The van der Waals surface area contributed by atoms with E-state index >= 15 is 0 Å². The molecule has 0 saturated heterocycles. The van der Waals surface area contributed by atoms with Crippen molar-refractivity contribution in [2.75, 3.05) is 19.5 Å². The van der Waals surface area contributed by atoms with Crippen molar-refractivity contribution < 1.29 is 14.3 Å². The van der Waals surface area contributed by atoms with Gasteiger partial charge in [-0.2, -0.15) is 0 Å². The van der Waals surface area contributed by atoms with Crippen LogP contribution in [-0.2, 0) is 4.79 Å². The monoisotopic (exact) mass is 357 g/mol. The highest BCUT2D eigenvalue weighted by Crippen LogP contribution is 2.28. The number of benzene rings is 2. The zero-order valence-corrected chi connectivity index (χ0v) is 15.0. The van der Waals surface area contributed by atoms with Crippen molar-refractivity contribution in [3.05, 3.63) is 42.5 Å². The van der Waals surface area contributed by atoms with Crippen LogP contribution in [0.3, 0.4) is 0 Å². The number of hydrogen-bond acceptors (Lipinski definition) is 5. The average molecular weight is 357 g/mol. The van der Waals surface area contributed by atoms with E-state index in [9.17, 15) is 4.79 Å². The standard InChI is InChI=1S/C18H19N3O3S/c1-11(25-18-20-15-6-4-5-7-16(15)21-18)17(22)19-12-8-13(23-2)10-14(9-12)24-3/h4-11H,1-3H3,(H,19,22)(H,20,21)/t11-/m0/s1. The molecule has 0 fully saturated rings. The normalized spacial score (nSPS) is 12.0. The summed E-state index contributed by atoms with van der Waals surface area (Å²) in [6.07, 6.45) is 0. The summed E-state index contributed by atoms with van der Waals surface area (Å²) in [6, 6.07) is 13.0. The number of rotatable bonds is 6. The number of nitrogens with one attached hydrogen (secondary N) is 2. The van der Waals surface area contributed by atoms with Crippen LogP contribution in [0.4, 0.5) is 5.69 Å². The van der Waals surface area contributed by atoms with Crippen LogP contribution in [0.15, 0.2) is 47.6 Å². The van der Waals surface area contributed by atoms with Crippen LogP contribution >= 0.6 is 11.8 Å². The molecule has 0 unspecified atom stereocenters. The number of imidazole rings is 1. The molecule has 3 rings (SSSR count). The first kappa shape index (κ1) is 17.2. The molecule has 0 saturated carbocycles. The van der Waals surface area contributed by atoms with Gasteiger partial charge >= 0.3 is 0 Å². The van der Waals surface area contributed by atoms with E-state index in [0.717, 1.165) is 11.0 Å².